The number of alkyl halides is 2. The molecule has 2 saturated heterocycles. The van der Waals surface area contributed by atoms with E-state index in [2.05, 4.69) is 18.0 Å². The smallest absolute Gasteiger partial charge is 0.407 e. The van der Waals surface area contributed by atoms with Crippen LogP contribution in [0.15, 0.2) is 24.3 Å². The Hall–Kier alpha value is -3.72. The van der Waals surface area contributed by atoms with Crippen LogP contribution in [-0.4, -0.2) is 89.4 Å². The van der Waals surface area contributed by atoms with Crippen molar-refractivity contribution in [3.05, 3.63) is 41.1 Å². The molecule has 0 bridgehead atoms. The molecule has 0 radical (unpaired) electrons. The number of amides is 1. The summed E-state index contributed by atoms with van der Waals surface area (Å²) < 4.78 is 33.6. The maximum Gasteiger partial charge on any atom is 0.407 e. The highest BCUT2D eigenvalue weighted by Crippen LogP contribution is 2.36. The minimum Gasteiger partial charge on any atom is -0.465 e. The Morgan fingerprint density at radius 1 is 1.18 bits per heavy atom. The monoisotopic (exact) mass is 541 g/mol. The second-order valence-corrected chi connectivity index (χ2v) is 10.3. The zero-order chi connectivity index (χ0) is 27.5. The molecule has 0 spiro atoms. The highest BCUT2D eigenvalue weighted by Gasteiger charge is 2.34. The summed E-state index contributed by atoms with van der Waals surface area (Å²) in [5.74, 6) is 0.671. The molecule has 0 aliphatic carbocycles. The fourth-order valence-corrected chi connectivity index (χ4v) is 5.82. The summed E-state index contributed by atoms with van der Waals surface area (Å²) in [5.41, 5.74) is 2.09. The van der Waals surface area contributed by atoms with Crippen molar-refractivity contribution in [2.75, 3.05) is 56.2 Å². The lowest BCUT2D eigenvalue weighted by Gasteiger charge is -2.41. The number of aromatic nitrogens is 2. The first kappa shape index (κ1) is 26.9. The van der Waals surface area contributed by atoms with Gasteiger partial charge in [-0.15, -0.1) is 0 Å². The number of benzene rings is 1. The zero-order valence-electron chi connectivity index (χ0n) is 22.0. The van der Waals surface area contributed by atoms with Gasteiger partial charge in [0.25, 0.3) is 6.43 Å². The summed E-state index contributed by atoms with van der Waals surface area (Å²) in [6.07, 6.45) is -0.889. The normalized spacial score (nSPS) is 21.7. The molecule has 1 N–H and O–H groups in total. The lowest BCUT2D eigenvalue weighted by atomic mass is 10.0. The van der Waals surface area contributed by atoms with E-state index in [0.717, 1.165) is 24.9 Å². The van der Waals surface area contributed by atoms with E-state index < -0.39 is 18.6 Å². The van der Waals surface area contributed by atoms with Crippen LogP contribution in [0.1, 0.15) is 42.5 Å². The minimum absolute atomic E-state index is 0.0138. The first-order valence-electron chi connectivity index (χ1n) is 13.3. The van der Waals surface area contributed by atoms with Gasteiger partial charge in [-0.05, 0) is 38.9 Å². The van der Waals surface area contributed by atoms with Gasteiger partial charge in [0.2, 0.25) is 0 Å². The molecule has 2 aromatic rings. The molecule has 39 heavy (non-hydrogen) atoms. The van der Waals surface area contributed by atoms with Crippen LogP contribution < -0.4 is 14.5 Å². The third kappa shape index (κ3) is 5.68. The van der Waals surface area contributed by atoms with Gasteiger partial charge in [0.05, 0.1) is 30.8 Å². The van der Waals surface area contributed by atoms with E-state index >= 15 is 0 Å². The summed E-state index contributed by atoms with van der Waals surface area (Å²) in [4.78, 5) is 28.8. The lowest BCUT2D eigenvalue weighted by Crippen LogP contribution is -2.55. The molecule has 10 nitrogen and oxygen atoms in total. The molecule has 4 heterocycles. The molecule has 5 rings (SSSR count). The number of piperazine rings is 1. The Balaban J connectivity index is 1.46. The number of hydrogen-bond acceptors (Lipinski definition) is 8. The largest absolute Gasteiger partial charge is 0.465 e. The molecule has 1 unspecified atom stereocenters. The Kier molecular flexibility index (Phi) is 7.97. The highest BCUT2D eigenvalue weighted by atomic mass is 19.3. The third-order valence-corrected chi connectivity index (χ3v) is 7.97. The number of halogens is 2. The number of carbonyl (C=O) groups is 1. The van der Waals surface area contributed by atoms with Crippen LogP contribution in [0.4, 0.5) is 25.1 Å². The number of ether oxygens (including phenoxy) is 1. The number of carboxylic acid groups (broad SMARTS) is 1. The summed E-state index contributed by atoms with van der Waals surface area (Å²) in [6.45, 7) is 3.28. The quantitative estimate of drug-likeness (QED) is 0.563. The summed E-state index contributed by atoms with van der Waals surface area (Å²) in [7, 11) is 2.07. The number of para-hydroxylation sites is 1. The van der Waals surface area contributed by atoms with Crippen LogP contribution in [0.2, 0.25) is 0 Å². The molecule has 3 aliphatic rings. The first-order chi connectivity index (χ1) is 18.9. The van der Waals surface area contributed by atoms with Crippen LogP contribution >= 0.6 is 0 Å². The number of anilines is 2. The van der Waals surface area contributed by atoms with Gasteiger partial charge in [0, 0.05) is 49.0 Å². The SMILES string of the molecule is CN1CCC[C@H]1COc1nc2c(c(N3CCN(C(=O)O)C(CC#N)C3)n1)CCN(c1ccccc1C(F)F)C2. The maximum absolute atomic E-state index is 13.8. The van der Waals surface area contributed by atoms with Crippen molar-refractivity contribution in [1.29, 1.82) is 5.26 Å². The number of nitriles is 1. The van der Waals surface area contributed by atoms with Crippen molar-refractivity contribution in [1.82, 2.24) is 19.8 Å². The van der Waals surface area contributed by atoms with E-state index in [9.17, 15) is 23.9 Å². The molecule has 208 valence electrons. The van der Waals surface area contributed by atoms with Crippen molar-refractivity contribution in [2.45, 2.75) is 50.7 Å². The summed E-state index contributed by atoms with van der Waals surface area (Å²) in [5, 5.41) is 18.9. The Morgan fingerprint density at radius 2 is 2.00 bits per heavy atom. The minimum atomic E-state index is -2.59. The van der Waals surface area contributed by atoms with E-state index in [-0.39, 0.29) is 30.6 Å². The predicted octanol–water partition coefficient (Wildman–Crippen LogP) is 3.53. The van der Waals surface area contributed by atoms with Gasteiger partial charge in [-0.3, -0.25) is 0 Å². The van der Waals surface area contributed by atoms with Crippen molar-refractivity contribution in [2.24, 2.45) is 0 Å². The zero-order valence-corrected chi connectivity index (χ0v) is 22.0. The van der Waals surface area contributed by atoms with Gasteiger partial charge in [0.1, 0.15) is 12.4 Å². The van der Waals surface area contributed by atoms with E-state index in [4.69, 9.17) is 14.7 Å². The van der Waals surface area contributed by atoms with Gasteiger partial charge in [0.15, 0.2) is 0 Å². The number of nitrogens with zero attached hydrogens (tertiary/aromatic N) is 7. The van der Waals surface area contributed by atoms with Crippen LogP contribution in [0, 0.1) is 11.3 Å². The van der Waals surface area contributed by atoms with E-state index in [0.29, 0.717) is 56.4 Å². The van der Waals surface area contributed by atoms with E-state index in [1.807, 2.05) is 9.80 Å². The molecule has 1 aromatic carbocycles. The van der Waals surface area contributed by atoms with Crippen molar-refractivity contribution in [3.8, 4) is 12.1 Å². The van der Waals surface area contributed by atoms with Gasteiger partial charge >= 0.3 is 12.1 Å². The molecular formula is C27H33F2N7O3. The average Bonchev–Trinajstić information content (AvgIpc) is 3.35. The fourth-order valence-electron chi connectivity index (χ4n) is 5.82. The number of likely N-dealkylation sites (N-methyl/N-ethyl adjacent to an activating group) is 1. The standard InChI is InChI=1S/C27H33F2N7O3/c1-33-11-4-5-19(33)17-39-26-31-22-16-34(23-7-3-2-6-21(23)24(28)29)12-9-20(22)25(32-26)35-13-14-36(27(37)38)18(15-35)8-10-30/h2-3,6-7,18-19,24H,4-5,8-9,11-17H2,1H3,(H,37,38)/t18?,19-/m0/s1. The number of rotatable bonds is 7. The number of fused-ring (bicyclic) bond motifs is 1. The van der Waals surface area contributed by atoms with Gasteiger partial charge in [-0.1, -0.05) is 18.2 Å². The molecule has 0 saturated carbocycles. The summed E-state index contributed by atoms with van der Waals surface area (Å²) >= 11 is 0. The highest BCUT2D eigenvalue weighted by molar-refractivity contribution is 5.66. The second kappa shape index (κ2) is 11.6. The van der Waals surface area contributed by atoms with Gasteiger partial charge in [-0.25, -0.2) is 13.6 Å². The molecule has 2 fully saturated rings. The Bertz CT molecular complexity index is 1240. The topological polar surface area (TPSA) is 109 Å². The average molecular weight is 542 g/mol. The first-order valence-corrected chi connectivity index (χ1v) is 13.3. The van der Waals surface area contributed by atoms with Crippen molar-refractivity contribution >= 4 is 17.6 Å². The van der Waals surface area contributed by atoms with Crippen LogP contribution in [0.5, 0.6) is 6.01 Å². The van der Waals surface area contributed by atoms with Crippen LogP contribution in [0.3, 0.4) is 0 Å². The molecule has 1 aromatic heterocycles. The van der Waals surface area contributed by atoms with E-state index in [1.54, 1.807) is 18.2 Å². The Morgan fingerprint density at radius 3 is 2.72 bits per heavy atom. The van der Waals surface area contributed by atoms with Gasteiger partial charge in [-0.2, -0.15) is 15.2 Å². The summed E-state index contributed by atoms with van der Waals surface area (Å²) in [6, 6.07) is 8.64. The molecule has 2 atom stereocenters. The lowest BCUT2D eigenvalue weighted by molar-refractivity contribution is 0.119. The number of likely N-dealkylation sites (tertiary alicyclic amines) is 1. The van der Waals surface area contributed by atoms with Crippen molar-refractivity contribution in [3.63, 3.8) is 0 Å². The second-order valence-electron chi connectivity index (χ2n) is 10.3. The molecular weight excluding hydrogens is 508 g/mol. The molecule has 12 heteroatoms. The van der Waals surface area contributed by atoms with Crippen molar-refractivity contribution < 1.29 is 23.4 Å². The third-order valence-electron chi connectivity index (χ3n) is 7.97. The van der Waals surface area contributed by atoms with Crippen LogP contribution in [0.25, 0.3) is 0 Å². The predicted molar refractivity (Wildman–Crippen MR) is 140 cm³/mol. The number of hydrogen-bond donors (Lipinski definition) is 1. The fraction of sp³-hybridized carbons (Fsp3) is 0.556. The molecule has 3 aliphatic heterocycles. The molecule has 1 amide bonds. The van der Waals surface area contributed by atoms with Gasteiger partial charge < -0.3 is 29.4 Å². The maximum atomic E-state index is 13.8. The van der Waals surface area contributed by atoms with Crippen LogP contribution in [-0.2, 0) is 13.0 Å². The Labute approximate surface area is 226 Å². The van der Waals surface area contributed by atoms with E-state index in [1.165, 1.54) is 11.0 Å².